The maximum absolute atomic E-state index is 2.39. The molecule has 0 spiro atoms. The third-order valence-electron chi connectivity index (χ3n) is 3.99. The van der Waals surface area contributed by atoms with E-state index >= 15 is 0 Å². The number of hydrogen-bond acceptors (Lipinski definition) is 0. The Bertz CT molecular complexity index is 489. The Morgan fingerprint density at radius 2 is 1.88 bits per heavy atom. The monoisotopic (exact) mass is 213 g/mol. The van der Waals surface area contributed by atoms with E-state index in [1.165, 1.54) is 43.0 Å². The Morgan fingerprint density at radius 1 is 1.06 bits per heavy atom. The van der Waals surface area contributed by atoms with Crippen molar-refractivity contribution < 1.29 is 0 Å². The fraction of sp³-hybridized carbons (Fsp3) is 0.467. The highest BCUT2D eigenvalue weighted by molar-refractivity contribution is 5.80. The van der Waals surface area contributed by atoms with Crippen molar-refractivity contribution in [3.63, 3.8) is 0 Å². The van der Waals surface area contributed by atoms with Crippen LogP contribution in [0.25, 0.3) is 10.9 Å². The minimum atomic E-state index is 0.818. The number of fused-ring (bicyclic) bond motifs is 1. The quantitative estimate of drug-likeness (QED) is 0.668. The molecule has 1 heterocycles. The van der Waals surface area contributed by atoms with Crippen LogP contribution in [0.15, 0.2) is 30.5 Å². The topological polar surface area (TPSA) is 4.93 Å². The summed E-state index contributed by atoms with van der Waals surface area (Å²) in [6.45, 7) is 0. The molecule has 1 nitrogen and oxygen atoms in total. The van der Waals surface area contributed by atoms with E-state index in [0.29, 0.717) is 0 Å². The van der Waals surface area contributed by atoms with Gasteiger partial charge in [0.1, 0.15) is 0 Å². The lowest BCUT2D eigenvalue weighted by Crippen LogP contribution is -2.04. The van der Waals surface area contributed by atoms with E-state index in [1.54, 1.807) is 5.56 Å². The zero-order chi connectivity index (χ0) is 11.0. The summed E-state index contributed by atoms with van der Waals surface area (Å²) in [6, 6.07) is 9.23. The summed E-state index contributed by atoms with van der Waals surface area (Å²) in [4.78, 5) is 0. The fourth-order valence-corrected chi connectivity index (χ4v) is 2.99. The minimum absolute atomic E-state index is 0.818. The van der Waals surface area contributed by atoms with Crippen molar-refractivity contribution in [2.24, 2.45) is 7.05 Å². The van der Waals surface area contributed by atoms with Gasteiger partial charge in [-0.25, -0.2) is 0 Å². The summed E-state index contributed by atoms with van der Waals surface area (Å²) in [5.41, 5.74) is 2.90. The van der Waals surface area contributed by atoms with Gasteiger partial charge in [-0.1, -0.05) is 25.3 Å². The minimum Gasteiger partial charge on any atom is -0.351 e. The van der Waals surface area contributed by atoms with Gasteiger partial charge in [-0.15, -0.1) is 0 Å². The average molecular weight is 213 g/mol. The number of hydrogen-bond donors (Lipinski definition) is 0. The molecule has 0 N–H and O–H groups in total. The van der Waals surface area contributed by atoms with E-state index in [1.807, 2.05) is 0 Å². The van der Waals surface area contributed by atoms with Crippen LogP contribution in [0.3, 0.4) is 0 Å². The molecule has 16 heavy (non-hydrogen) atoms. The molecule has 1 aliphatic carbocycles. The summed E-state index contributed by atoms with van der Waals surface area (Å²) in [6.07, 6.45) is 9.19. The second kappa shape index (κ2) is 3.97. The first-order valence-electron chi connectivity index (χ1n) is 6.39. The summed E-state index contributed by atoms with van der Waals surface area (Å²) >= 11 is 0. The zero-order valence-electron chi connectivity index (χ0n) is 9.95. The van der Waals surface area contributed by atoms with Crippen LogP contribution in [0.5, 0.6) is 0 Å². The van der Waals surface area contributed by atoms with Crippen LogP contribution in [-0.4, -0.2) is 4.57 Å². The molecule has 3 rings (SSSR count). The molecular formula is C15H19N. The van der Waals surface area contributed by atoms with Crippen LogP contribution in [0.4, 0.5) is 0 Å². The third-order valence-corrected chi connectivity index (χ3v) is 3.99. The Balaban J connectivity index is 1.97. The van der Waals surface area contributed by atoms with Crippen LogP contribution in [0, 0.1) is 0 Å². The Labute approximate surface area is 97.1 Å². The van der Waals surface area contributed by atoms with Crippen molar-refractivity contribution in [1.29, 1.82) is 0 Å². The second-order valence-corrected chi connectivity index (χ2v) is 5.08. The SMILES string of the molecule is Cn1ccc2cc(C3CCCCC3)ccc21. The molecule has 0 atom stereocenters. The van der Waals surface area contributed by atoms with E-state index in [2.05, 4.69) is 42.1 Å². The number of nitrogens with zero attached hydrogens (tertiary/aromatic N) is 1. The number of aromatic nitrogens is 1. The smallest absolute Gasteiger partial charge is 0.0477 e. The number of aryl methyl sites for hydroxylation is 1. The van der Waals surface area contributed by atoms with Gasteiger partial charge in [0, 0.05) is 18.8 Å². The van der Waals surface area contributed by atoms with Gasteiger partial charge in [-0.05, 0) is 47.9 Å². The van der Waals surface area contributed by atoms with Gasteiger partial charge in [0.05, 0.1) is 0 Å². The summed E-state index contributed by atoms with van der Waals surface area (Å²) in [7, 11) is 2.11. The third kappa shape index (κ3) is 1.64. The lowest BCUT2D eigenvalue weighted by molar-refractivity contribution is 0.444. The van der Waals surface area contributed by atoms with Gasteiger partial charge >= 0.3 is 0 Å². The van der Waals surface area contributed by atoms with Gasteiger partial charge < -0.3 is 4.57 Å². The van der Waals surface area contributed by atoms with Crippen LogP contribution in [-0.2, 0) is 7.05 Å². The highest BCUT2D eigenvalue weighted by Crippen LogP contribution is 2.33. The van der Waals surface area contributed by atoms with Crippen molar-refractivity contribution in [3.05, 3.63) is 36.0 Å². The van der Waals surface area contributed by atoms with Crippen molar-refractivity contribution in [2.75, 3.05) is 0 Å². The van der Waals surface area contributed by atoms with Crippen molar-refractivity contribution in [3.8, 4) is 0 Å². The molecule has 1 saturated carbocycles. The molecule has 1 aliphatic rings. The molecule has 1 aromatic heterocycles. The standard InChI is InChI=1S/C15H19N/c1-16-10-9-14-11-13(7-8-15(14)16)12-5-3-2-4-6-12/h7-12H,2-6H2,1H3. The highest BCUT2D eigenvalue weighted by atomic mass is 14.9. The Kier molecular flexibility index (Phi) is 2.47. The molecular weight excluding hydrogens is 194 g/mol. The predicted molar refractivity (Wildman–Crippen MR) is 68.7 cm³/mol. The van der Waals surface area contributed by atoms with E-state index in [9.17, 15) is 0 Å². The lowest BCUT2D eigenvalue weighted by Gasteiger charge is -2.22. The van der Waals surface area contributed by atoms with Crippen LogP contribution in [0.2, 0.25) is 0 Å². The predicted octanol–water partition coefficient (Wildman–Crippen LogP) is 4.23. The molecule has 0 aliphatic heterocycles. The molecule has 84 valence electrons. The molecule has 0 amide bonds. The zero-order valence-corrected chi connectivity index (χ0v) is 9.95. The average Bonchev–Trinajstić information content (AvgIpc) is 2.72. The molecule has 0 radical (unpaired) electrons. The molecule has 0 bridgehead atoms. The maximum atomic E-state index is 2.39. The molecule has 1 heteroatoms. The van der Waals surface area contributed by atoms with Gasteiger partial charge in [-0.3, -0.25) is 0 Å². The summed E-state index contributed by atoms with van der Waals surface area (Å²) in [5.74, 6) is 0.818. The van der Waals surface area contributed by atoms with Gasteiger partial charge in [0.2, 0.25) is 0 Å². The molecule has 1 fully saturated rings. The highest BCUT2D eigenvalue weighted by Gasteiger charge is 2.15. The normalized spacial score (nSPS) is 18.1. The number of benzene rings is 1. The summed E-state index contributed by atoms with van der Waals surface area (Å²) in [5, 5.41) is 1.39. The molecule has 2 aromatic rings. The van der Waals surface area contributed by atoms with Gasteiger partial charge in [0.15, 0.2) is 0 Å². The fourth-order valence-electron chi connectivity index (χ4n) is 2.99. The maximum Gasteiger partial charge on any atom is 0.0477 e. The number of rotatable bonds is 1. The molecule has 0 unspecified atom stereocenters. The van der Waals surface area contributed by atoms with Crippen molar-refractivity contribution in [1.82, 2.24) is 4.57 Å². The molecule has 1 aromatic carbocycles. The van der Waals surface area contributed by atoms with Crippen molar-refractivity contribution in [2.45, 2.75) is 38.0 Å². The van der Waals surface area contributed by atoms with Gasteiger partial charge in [0.25, 0.3) is 0 Å². The largest absolute Gasteiger partial charge is 0.351 e. The Morgan fingerprint density at radius 3 is 2.69 bits per heavy atom. The van der Waals surface area contributed by atoms with E-state index in [-0.39, 0.29) is 0 Å². The summed E-state index contributed by atoms with van der Waals surface area (Å²) < 4.78 is 2.19. The van der Waals surface area contributed by atoms with E-state index < -0.39 is 0 Å². The van der Waals surface area contributed by atoms with Crippen LogP contribution >= 0.6 is 0 Å². The second-order valence-electron chi connectivity index (χ2n) is 5.08. The Hall–Kier alpha value is -1.24. The first-order chi connectivity index (χ1) is 7.84. The van der Waals surface area contributed by atoms with Gasteiger partial charge in [-0.2, -0.15) is 0 Å². The van der Waals surface area contributed by atoms with Crippen LogP contribution < -0.4 is 0 Å². The van der Waals surface area contributed by atoms with E-state index in [0.717, 1.165) is 5.92 Å². The van der Waals surface area contributed by atoms with Crippen molar-refractivity contribution >= 4 is 10.9 Å². The van der Waals surface area contributed by atoms with E-state index in [4.69, 9.17) is 0 Å². The molecule has 0 saturated heterocycles. The first kappa shape index (κ1) is 9.95. The lowest BCUT2D eigenvalue weighted by atomic mass is 9.84. The van der Waals surface area contributed by atoms with Crippen LogP contribution in [0.1, 0.15) is 43.6 Å². The first-order valence-corrected chi connectivity index (χ1v) is 6.39.